The van der Waals surface area contributed by atoms with Gasteiger partial charge in [0.25, 0.3) is 0 Å². The Morgan fingerprint density at radius 2 is 0.966 bits per heavy atom. The van der Waals surface area contributed by atoms with Crippen LogP contribution >= 0.6 is 0 Å². The SMILES string of the molecule is CC.CC.CC.CC.COc1ccc(C(C)(C)c2ccc(OC(C)=O)cc2)cc1. The van der Waals surface area contributed by atoms with Crippen molar-refractivity contribution in [2.24, 2.45) is 0 Å². The Kier molecular flexibility index (Phi) is 20.6. The largest absolute Gasteiger partial charge is 0.497 e. The lowest BCUT2D eigenvalue weighted by atomic mass is 9.78. The van der Waals surface area contributed by atoms with Gasteiger partial charge in [-0.1, -0.05) is 93.5 Å². The summed E-state index contributed by atoms with van der Waals surface area (Å²) in [6.45, 7) is 21.7. The topological polar surface area (TPSA) is 35.5 Å². The summed E-state index contributed by atoms with van der Waals surface area (Å²) in [5.74, 6) is 1.11. The van der Waals surface area contributed by atoms with E-state index in [9.17, 15) is 4.79 Å². The number of carbonyl (C=O) groups is 1. The second-order valence-electron chi connectivity index (χ2n) is 5.47. The summed E-state index contributed by atoms with van der Waals surface area (Å²) in [6.07, 6.45) is 0. The fraction of sp³-hybridized carbons (Fsp3) is 0.500. The Hall–Kier alpha value is -2.29. The number of hydrogen-bond donors (Lipinski definition) is 0. The Morgan fingerprint density at radius 3 is 1.24 bits per heavy atom. The average Bonchev–Trinajstić information content (AvgIpc) is 2.79. The number of hydrogen-bond acceptors (Lipinski definition) is 3. The van der Waals surface area contributed by atoms with E-state index in [1.807, 2.05) is 91.8 Å². The number of esters is 1. The molecule has 166 valence electrons. The van der Waals surface area contributed by atoms with Crippen molar-refractivity contribution in [1.29, 1.82) is 0 Å². The lowest BCUT2D eigenvalue weighted by molar-refractivity contribution is -0.131. The Morgan fingerprint density at radius 1 is 0.655 bits per heavy atom. The monoisotopic (exact) mass is 404 g/mol. The molecule has 0 saturated heterocycles. The number of ether oxygens (including phenoxy) is 2. The molecule has 2 aromatic carbocycles. The van der Waals surface area contributed by atoms with Crippen LogP contribution in [-0.2, 0) is 10.2 Å². The van der Waals surface area contributed by atoms with Gasteiger partial charge in [-0.05, 0) is 35.4 Å². The molecule has 0 fully saturated rings. The molecule has 0 aromatic heterocycles. The Balaban J connectivity index is -0.000000754. The number of benzene rings is 2. The molecule has 0 heterocycles. The zero-order valence-corrected chi connectivity index (χ0v) is 20.8. The average molecular weight is 405 g/mol. The zero-order valence-electron chi connectivity index (χ0n) is 20.8. The number of methoxy groups -OCH3 is 1. The van der Waals surface area contributed by atoms with E-state index in [1.54, 1.807) is 7.11 Å². The minimum Gasteiger partial charge on any atom is -0.497 e. The van der Waals surface area contributed by atoms with E-state index in [0.717, 1.165) is 11.3 Å². The van der Waals surface area contributed by atoms with Crippen molar-refractivity contribution in [3.8, 4) is 11.5 Å². The van der Waals surface area contributed by atoms with Gasteiger partial charge in [0.15, 0.2) is 0 Å². The highest BCUT2D eigenvalue weighted by Gasteiger charge is 2.23. The van der Waals surface area contributed by atoms with Crippen molar-refractivity contribution in [3.63, 3.8) is 0 Å². The minimum absolute atomic E-state index is 0.138. The summed E-state index contributed by atoms with van der Waals surface area (Å²) in [4.78, 5) is 10.9. The summed E-state index contributed by atoms with van der Waals surface area (Å²) >= 11 is 0. The van der Waals surface area contributed by atoms with E-state index in [2.05, 4.69) is 26.0 Å². The third kappa shape index (κ3) is 11.3. The van der Waals surface area contributed by atoms with Crippen LogP contribution in [0.15, 0.2) is 48.5 Å². The molecule has 0 N–H and O–H groups in total. The fourth-order valence-electron chi connectivity index (χ4n) is 2.28. The quantitative estimate of drug-likeness (QED) is 0.382. The van der Waals surface area contributed by atoms with Crippen LogP contribution in [0.5, 0.6) is 11.5 Å². The lowest BCUT2D eigenvalue weighted by Gasteiger charge is -2.26. The second-order valence-corrected chi connectivity index (χ2v) is 5.47. The maximum atomic E-state index is 10.9. The molecule has 2 aromatic rings. The van der Waals surface area contributed by atoms with E-state index in [0.29, 0.717) is 5.75 Å². The summed E-state index contributed by atoms with van der Waals surface area (Å²) in [6, 6.07) is 15.7. The van der Waals surface area contributed by atoms with Crippen molar-refractivity contribution in [2.45, 2.75) is 81.6 Å². The van der Waals surface area contributed by atoms with Gasteiger partial charge in [-0.2, -0.15) is 0 Å². The molecule has 0 aliphatic rings. The standard InChI is InChI=1S/C18H20O3.4C2H6/c1-13(19)21-17-11-7-15(8-12-17)18(2,3)14-5-9-16(20-4)10-6-14;4*1-2/h5-12H,1-4H3;4*1-2H3. The molecule has 3 heteroatoms. The van der Waals surface area contributed by atoms with Gasteiger partial charge in [0.1, 0.15) is 11.5 Å². The van der Waals surface area contributed by atoms with Crippen molar-refractivity contribution < 1.29 is 14.3 Å². The predicted molar refractivity (Wildman–Crippen MR) is 128 cm³/mol. The molecule has 2 rings (SSSR count). The van der Waals surface area contributed by atoms with Gasteiger partial charge in [-0.25, -0.2) is 0 Å². The Labute approximate surface area is 180 Å². The first-order valence-corrected chi connectivity index (χ1v) is 10.9. The highest BCUT2D eigenvalue weighted by molar-refractivity contribution is 5.69. The van der Waals surface area contributed by atoms with Gasteiger partial charge in [0.2, 0.25) is 0 Å². The highest BCUT2D eigenvalue weighted by atomic mass is 16.5. The third-order valence-corrected chi connectivity index (χ3v) is 3.65. The van der Waals surface area contributed by atoms with Gasteiger partial charge >= 0.3 is 5.97 Å². The molecule has 29 heavy (non-hydrogen) atoms. The van der Waals surface area contributed by atoms with Crippen LogP contribution in [0.25, 0.3) is 0 Å². The van der Waals surface area contributed by atoms with Crippen LogP contribution in [0, 0.1) is 0 Å². The van der Waals surface area contributed by atoms with Gasteiger partial charge in [-0.15, -0.1) is 0 Å². The van der Waals surface area contributed by atoms with Crippen molar-refractivity contribution in [3.05, 3.63) is 59.7 Å². The summed E-state index contributed by atoms with van der Waals surface area (Å²) < 4.78 is 10.3. The molecular weight excluding hydrogens is 360 g/mol. The number of rotatable bonds is 4. The van der Waals surface area contributed by atoms with Gasteiger partial charge in [0, 0.05) is 12.3 Å². The maximum Gasteiger partial charge on any atom is 0.308 e. The molecule has 0 aliphatic carbocycles. The van der Waals surface area contributed by atoms with Gasteiger partial charge in [-0.3, -0.25) is 4.79 Å². The molecule has 0 radical (unpaired) electrons. The minimum atomic E-state index is -0.308. The molecule has 0 bridgehead atoms. The first kappa shape index (κ1) is 31.4. The smallest absolute Gasteiger partial charge is 0.308 e. The zero-order chi connectivity index (χ0) is 23.5. The van der Waals surface area contributed by atoms with Crippen LogP contribution in [0.1, 0.15) is 87.3 Å². The maximum absolute atomic E-state index is 10.9. The van der Waals surface area contributed by atoms with Crippen LogP contribution in [-0.4, -0.2) is 13.1 Å². The van der Waals surface area contributed by atoms with E-state index < -0.39 is 0 Å². The third-order valence-electron chi connectivity index (χ3n) is 3.65. The number of carbonyl (C=O) groups excluding carboxylic acids is 1. The van der Waals surface area contributed by atoms with E-state index in [4.69, 9.17) is 9.47 Å². The van der Waals surface area contributed by atoms with Gasteiger partial charge in [0.05, 0.1) is 7.11 Å². The van der Waals surface area contributed by atoms with E-state index in [-0.39, 0.29) is 11.4 Å². The van der Waals surface area contributed by atoms with Crippen LogP contribution in [0.2, 0.25) is 0 Å². The highest BCUT2D eigenvalue weighted by Crippen LogP contribution is 2.33. The predicted octanol–water partition coefficient (Wildman–Crippen LogP) is 8.05. The molecule has 0 aliphatic heterocycles. The molecule has 0 spiro atoms. The van der Waals surface area contributed by atoms with E-state index in [1.165, 1.54) is 12.5 Å². The van der Waals surface area contributed by atoms with Crippen molar-refractivity contribution in [2.75, 3.05) is 7.11 Å². The molecule has 0 atom stereocenters. The van der Waals surface area contributed by atoms with E-state index >= 15 is 0 Å². The van der Waals surface area contributed by atoms with Gasteiger partial charge < -0.3 is 9.47 Å². The van der Waals surface area contributed by atoms with Crippen molar-refractivity contribution >= 4 is 5.97 Å². The first-order valence-electron chi connectivity index (χ1n) is 10.9. The molecule has 0 amide bonds. The second kappa shape index (κ2) is 19.0. The fourth-order valence-corrected chi connectivity index (χ4v) is 2.28. The molecule has 3 nitrogen and oxygen atoms in total. The van der Waals surface area contributed by atoms with Crippen LogP contribution < -0.4 is 9.47 Å². The van der Waals surface area contributed by atoms with Crippen LogP contribution in [0.4, 0.5) is 0 Å². The lowest BCUT2D eigenvalue weighted by Crippen LogP contribution is -2.18. The normalized spacial score (nSPS) is 8.83. The van der Waals surface area contributed by atoms with Crippen molar-refractivity contribution in [1.82, 2.24) is 0 Å². The first-order chi connectivity index (χ1) is 13.9. The molecule has 0 unspecified atom stereocenters. The van der Waals surface area contributed by atoms with Crippen LogP contribution in [0.3, 0.4) is 0 Å². The molecular formula is C26H44O3. The Bertz CT molecular complexity index is 611. The summed E-state index contributed by atoms with van der Waals surface area (Å²) in [5, 5.41) is 0. The summed E-state index contributed by atoms with van der Waals surface area (Å²) in [7, 11) is 1.66. The summed E-state index contributed by atoms with van der Waals surface area (Å²) in [5.41, 5.74) is 2.22. The molecule has 0 saturated carbocycles.